The highest BCUT2D eigenvalue weighted by atomic mass is 32.1. The molecule has 0 saturated carbocycles. The first-order chi connectivity index (χ1) is 13.2. The summed E-state index contributed by atoms with van der Waals surface area (Å²) in [7, 11) is 0. The molecule has 5 heteroatoms. The van der Waals surface area contributed by atoms with Crippen LogP contribution in [0.2, 0.25) is 0 Å². The third-order valence-corrected chi connectivity index (χ3v) is 5.33. The van der Waals surface area contributed by atoms with E-state index >= 15 is 0 Å². The van der Waals surface area contributed by atoms with Crippen molar-refractivity contribution in [1.82, 2.24) is 9.97 Å². The van der Waals surface area contributed by atoms with E-state index in [4.69, 9.17) is 0 Å². The van der Waals surface area contributed by atoms with Crippen LogP contribution < -0.4 is 5.32 Å². The average molecular weight is 371 g/mol. The molecule has 2 heterocycles. The molecule has 4 aromatic rings. The van der Waals surface area contributed by atoms with E-state index in [9.17, 15) is 4.79 Å². The highest BCUT2D eigenvalue weighted by Crippen LogP contribution is 2.30. The van der Waals surface area contributed by atoms with Crippen molar-refractivity contribution in [1.29, 1.82) is 0 Å². The van der Waals surface area contributed by atoms with E-state index in [1.807, 2.05) is 79.7 Å². The van der Waals surface area contributed by atoms with Gasteiger partial charge in [0.25, 0.3) is 5.91 Å². The first kappa shape index (κ1) is 17.1. The van der Waals surface area contributed by atoms with Crippen LogP contribution in [0.25, 0.3) is 21.8 Å². The van der Waals surface area contributed by atoms with Gasteiger partial charge in [0.15, 0.2) is 0 Å². The molecule has 0 saturated heterocycles. The lowest BCUT2D eigenvalue weighted by molar-refractivity contribution is 0.103. The summed E-state index contributed by atoms with van der Waals surface area (Å²) in [5.74, 6) is -0.157. The van der Waals surface area contributed by atoms with Crippen molar-refractivity contribution in [3.8, 4) is 21.8 Å². The van der Waals surface area contributed by atoms with Crippen molar-refractivity contribution in [2.45, 2.75) is 6.92 Å². The van der Waals surface area contributed by atoms with Crippen molar-refractivity contribution < 1.29 is 4.79 Å². The summed E-state index contributed by atoms with van der Waals surface area (Å²) in [6, 6.07) is 23.5. The minimum absolute atomic E-state index is 0.157. The molecule has 0 aliphatic rings. The van der Waals surface area contributed by atoms with Crippen LogP contribution in [0.1, 0.15) is 15.4 Å². The zero-order chi connectivity index (χ0) is 18.6. The molecule has 4 nitrogen and oxygen atoms in total. The smallest absolute Gasteiger partial charge is 0.267 e. The zero-order valence-electron chi connectivity index (χ0n) is 14.7. The minimum Gasteiger partial charge on any atom is -0.321 e. The Morgan fingerprint density at radius 1 is 0.926 bits per heavy atom. The second-order valence-electron chi connectivity index (χ2n) is 6.01. The van der Waals surface area contributed by atoms with Crippen LogP contribution in [0.3, 0.4) is 0 Å². The fourth-order valence-corrected chi connectivity index (χ4v) is 3.78. The van der Waals surface area contributed by atoms with Crippen LogP contribution in [0, 0.1) is 6.92 Å². The average Bonchev–Trinajstić information content (AvgIpc) is 3.12. The van der Waals surface area contributed by atoms with Gasteiger partial charge < -0.3 is 5.32 Å². The Labute approximate surface area is 161 Å². The molecule has 0 fully saturated rings. The maximum Gasteiger partial charge on any atom is 0.267 e. The van der Waals surface area contributed by atoms with Gasteiger partial charge in [-0.1, -0.05) is 54.6 Å². The van der Waals surface area contributed by atoms with Crippen LogP contribution in [-0.2, 0) is 0 Å². The lowest BCUT2D eigenvalue weighted by Crippen LogP contribution is -2.12. The lowest BCUT2D eigenvalue weighted by atomic mass is 10.0. The van der Waals surface area contributed by atoms with E-state index in [0.717, 1.165) is 27.5 Å². The number of nitrogens with one attached hydrogen (secondary N) is 1. The first-order valence-corrected chi connectivity index (χ1v) is 9.38. The largest absolute Gasteiger partial charge is 0.321 e. The molecule has 4 rings (SSSR count). The Hall–Kier alpha value is -3.31. The monoisotopic (exact) mass is 371 g/mol. The van der Waals surface area contributed by atoms with Gasteiger partial charge in [0.2, 0.25) is 0 Å². The van der Waals surface area contributed by atoms with E-state index in [0.29, 0.717) is 10.6 Å². The summed E-state index contributed by atoms with van der Waals surface area (Å²) in [5, 5.41) is 3.79. The van der Waals surface area contributed by atoms with E-state index in [1.165, 1.54) is 11.3 Å². The molecular weight excluding hydrogens is 354 g/mol. The van der Waals surface area contributed by atoms with Gasteiger partial charge in [-0.2, -0.15) is 0 Å². The van der Waals surface area contributed by atoms with Gasteiger partial charge in [0.05, 0.1) is 11.4 Å². The van der Waals surface area contributed by atoms with Gasteiger partial charge in [-0.05, 0) is 30.7 Å². The fraction of sp³-hybridized carbons (Fsp3) is 0.0455. The molecule has 27 heavy (non-hydrogen) atoms. The van der Waals surface area contributed by atoms with Crippen LogP contribution in [0.5, 0.6) is 0 Å². The van der Waals surface area contributed by atoms with Crippen molar-refractivity contribution in [3.63, 3.8) is 0 Å². The Balaban J connectivity index is 1.64. The highest BCUT2D eigenvalue weighted by Gasteiger charge is 2.18. The van der Waals surface area contributed by atoms with Crippen molar-refractivity contribution >= 4 is 22.9 Å². The fourth-order valence-electron chi connectivity index (χ4n) is 2.85. The molecular formula is C22H17N3OS. The van der Waals surface area contributed by atoms with E-state index < -0.39 is 0 Å². The molecule has 0 bridgehead atoms. The molecule has 2 aromatic heterocycles. The number of benzene rings is 2. The number of thiazole rings is 1. The molecule has 0 spiro atoms. The number of rotatable bonds is 4. The summed E-state index contributed by atoms with van der Waals surface area (Å²) in [4.78, 5) is 22.3. The lowest BCUT2D eigenvalue weighted by Gasteiger charge is -2.10. The summed E-state index contributed by atoms with van der Waals surface area (Å²) in [6.07, 6.45) is 1.72. The number of pyridine rings is 1. The molecule has 1 N–H and O–H groups in total. The number of carbonyl (C=O) groups excluding carboxylic acids is 1. The van der Waals surface area contributed by atoms with Crippen LogP contribution in [-0.4, -0.2) is 15.9 Å². The van der Waals surface area contributed by atoms with Crippen molar-refractivity contribution in [2.75, 3.05) is 5.32 Å². The van der Waals surface area contributed by atoms with Gasteiger partial charge >= 0.3 is 0 Å². The molecule has 0 aliphatic carbocycles. The summed E-state index contributed by atoms with van der Waals surface area (Å²) in [6.45, 7) is 1.85. The second kappa shape index (κ2) is 7.51. The molecule has 132 valence electrons. The Bertz CT molecular complexity index is 1080. The molecule has 2 aromatic carbocycles. The summed E-state index contributed by atoms with van der Waals surface area (Å²) < 4.78 is 0. The molecule has 0 aliphatic heterocycles. The SMILES string of the molecule is Cc1nc(-c2ccccn2)sc1C(=O)Nc1ccccc1-c1ccccc1. The molecule has 0 radical (unpaired) electrons. The van der Waals surface area contributed by atoms with E-state index in [1.54, 1.807) is 6.20 Å². The summed E-state index contributed by atoms with van der Waals surface area (Å²) in [5.41, 5.74) is 4.30. The van der Waals surface area contributed by atoms with Gasteiger partial charge in [-0.25, -0.2) is 4.98 Å². The number of anilines is 1. The predicted molar refractivity (Wildman–Crippen MR) is 110 cm³/mol. The van der Waals surface area contributed by atoms with Crippen LogP contribution >= 0.6 is 11.3 Å². The number of amides is 1. The number of aryl methyl sites for hydroxylation is 1. The van der Waals surface area contributed by atoms with Crippen molar-refractivity contribution in [2.24, 2.45) is 0 Å². The highest BCUT2D eigenvalue weighted by molar-refractivity contribution is 7.17. The van der Waals surface area contributed by atoms with Gasteiger partial charge in [-0.3, -0.25) is 9.78 Å². The maximum atomic E-state index is 12.9. The van der Waals surface area contributed by atoms with Crippen LogP contribution in [0.4, 0.5) is 5.69 Å². The molecule has 0 unspecified atom stereocenters. The van der Waals surface area contributed by atoms with Crippen LogP contribution in [0.15, 0.2) is 79.0 Å². The quantitative estimate of drug-likeness (QED) is 0.520. The standard InChI is InChI=1S/C22H17N3OS/c1-15-20(27-22(24-15)19-13-7-8-14-23-19)21(26)25-18-12-6-5-11-17(18)16-9-3-2-4-10-16/h2-14H,1H3,(H,25,26). The zero-order valence-corrected chi connectivity index (χ0v) is 15.5. The Morgan fingerprint density at radius 2 is 1.67 bits per heavy atom. The number of aromatic nitrogens is 2. The van der Waals surface area contributed by atoms with Gasteiger partial charge in [0, 0.05) is 17.4 Å². The minimum atomic E-state index is -0.157. The number of hydrogen-bond donors (Lipinski definition) is 1. The Kier molecular flexibility index (Phi) is 4.77. The Morgan fingerprint density at radius 3 is 2.44 bits per heavy atom. The number of para-hydroxylation sites is 1. The number of hydrogen-bond acceptors (Lipinski definition) is 4. The predicted octanol–water partition coefficient (Wildman–Crippen LogP) is 5.43. The first-order valence-electron chi connectivity index (χ1n) is 8.57. The maximum absolute atomic E-state index is 12.9. The molecule has 0 atom stereocenters. The number of nitrogens with zero attached hydrogens (tertiary/aromatic N) is 2. The summed E-state index contributed by atoms with van der Waals surface area (Å²) >= 11 is 1.36. The second-order valence-corrected chi connectivity index (χ2v) is 7.01. The van der Waals surface area contributed by atoms with E-state index in [-0.39, 0.29) is 5.91 Å². The molecule has 1 amide bonds. The third-order valence-electron chi connectivity index (χ3n) is 4.15. The third kappa shape index (κ3) is 3.64. The van der Waals surface area contributed by atoms with E-state index in [2.05, 4.69) is 15.3 Å². The number of carbonyl (C=O) groups is 1. The topological polar surface area (TPSA) is 54.9 Å². The van der Waals surface area contributed by atoms with Gasteiger partial charge in [0.1, 0.15) is 9.88 Å². The normalized spacial score (nSPS) is 10.6. The van der Waals surface area contributed by atoms with Gasteiger partial charge in [-0.15, -0.1) is 11.3 Å². The van der Waals surface area contributed by atoms with Crippen molar-refractivity contribution in [3.05, 3.63) is 89.6 Å².